The standard InChI is InChI=1S/C25H28N4O3S/c1-6-28-19(12-13-26-28)14-20-23(30)29-22(18-10-8-17(9-11-18)15(3)4)21(24(31)32-7-2)16(5)27-25(29)33-20/h8-15,22H,6-7H2,1-5H3/b20-14+. The molecule has 1 aliphatic rings. The summed E-state index contributed by atoms with van der Waals surface area (Å²) in [4.78, 5) is 31.8. The van der Waals surface area contributed by atoms with Crippen LogP contribution in [0.4, 0.5) is 0 Å². The van der Waals surface area contributed by atoms with Gasteiger partial charge in [0.1, 0.15) is 0 Å². The predicted molar refractivity (Wildman–Crippen MR) is 129 cm³/mol. The van der Waals surface area contributed by atoms with E-state index in [1.54, 1.807) is 24.6 Å². The summed E-state index contributed by atoms with van der Waals surface area (Å²) in [7, 11) is 0. The monoisotopic (exact) mass is 464 g/mol. The molecule has 1 unspecified atom stereocenters. The molecule has 4 rings (SSSR count). The van der Waals surface area contributed by atoms with E-state index >= 15 is 0 Å². The van der Waals surface area contributed by atoms with Gasteiger partial charge in [0.25, 0.3) is 5.56 Å². The zero-order chi connectivity index (χ0) is 23.7. The van der Waals surface area contributed by atoms with E-state index in [0.717, 1.165) is 11.3 Å². The smallest absolute Gasteiger partial charge is 0.338 e. The van der Waals surface area contributed by atoms with Crippen LogP contribution in [0.5, 0.6) is 0 Å². The normalized spacial score (nSPS) is 16.2. The van der Waals surface area contributed by atoms with Crippen molar-refractivity contribution < 1.29 is 9.53 Å². The summed E-state index contributed by atoms with van der Waals surface area (Å²) in [6.07, 6.45) is 3.55. The van der Waals surface area contributed by atoms with E-state index in [1.807, 2.05) is 48.0 Å². The maximum Gasteiger partial charge on any atom is 0.338 e. The summed E-state index contributed by atoms with van der Waals surface area (Å²) in [6, 6.07) is 9.35. The van der Waals surface area contributed by atoms with Gasteiger partial charge < -0.3 is 4.74 Å². The molecule has 7 nitrogen and oxygen atoms in total. The number of rotatable bonds is 6. The van der Waals surface area contributed by atoms with Crippen molar-refractivity contribution in [3.63, 3.8) is 0 Å². The third kappa shape index (κ3) is 4.23. The van der Waals surface area contributed by atoms with Crippen LogP contribution in [0.15, 0.2) is 57.6 Å². The summed E-state index contributed by atoms with van der Waals surface area (Å²) in [5.41, 5.74) is 3.67. The van der Waals surface area contributed by atoms with Gasteiger partial charge in [-0.05, 0) is 50.0 Å². The van der Waals surface area contributed by atoms with Crippen LogP contribution < -0.4 is 14.9 Å². The predicted octanol–water partition coefficient (Wildman–Crippen LogP) is 3.14. The van der Waals surface area contributed by atoms with Gasteiger partial charge in [0.05, 0.1) is 34.1 Å². The number of allylic oxidation sites excluding steroid dienone is 1. The number of benzene rings is 1. The van der Waals surface area contributed by atoms with Gasteiger partial charge in [0.2, 0.25) is 0 Å². The lowest BCUT2D eigenvalue weighted by Crippen LogP contribution is -2.40. The van der Waals surface area contributed by atoms with Crippen molar-refractivity contribution in [3.05, 3.63) is 84.3 Å². The minimum absolute atomic E-state index is 0.185. The van der Waals surface area contributed by atoms with Crippen LogP contribution in [0, 0.1) is 0 Å². The van der Waals surface area contributed by atoms with E-state index in [-0.39, 0.29) is 12.2 Å². The summed E-state index contributed by atoms with van der Waals surface area (Å²) in [5, 5.41) is 4.28. The molecule has 0 N–H and O–H groups in total. The van der Waals surface area contributed by atoms with Gasteiger partial charge in [0, 0.05) is 12.7 Å². The molecule has 8 heteroatoms. The number of nitrogens with zero attached hydrogens (tertiary/aromatic N) is 4. The highest BCUT2D eigenvalue weighted by Crippen LogP contribution is 2.31. The van der Waals surface area contributed by atoms with Crippen molar-refractivity contribution >= 4 is 23.4 Å². The Balaban J connectivity index is 1.94. The molecule has 0 saturated heterocycles. The number of carbonyl (C=O) groups excluding carboxylic acids is 1. The molecule has 33 heavy (non-hydrogen) atoms. The molecule has 1 aromatic carbocycles. The van der Waals surface area contributed by atoms with Gasteiger partial charge in [-0.3, -0.25) is 14.0 Å². The first-order valence-corrected chi connectivity index (χ1v) is 12.0. The lowest BCUT2D eigenvalue weighted by atomic mass is 9.93. The summed E-state index contributed by atoms with van der Waals surface area (Å²) in [5.74, 6) is -0.0683. The van der Waals surface area contributed by atoms with Crippen molar-refractivity contribution in [1.82, 2.24) is 14.3 Å². The Labute approximate surface area is 196 Å². The fraction of sp³-hybridized carbons (Fsp3) is 0.360. The number of fused-ring (bicyclic) bond motifs is 1. The van der Waals surface area contributed by atoms with E-state index in [2.05, 4.69) is 23.9 Å². The van der Waals surface area contributed by atoms with Gasteiger partial charge in [-0.15, -0.1) is 0 Å². The van der Waals surface area contributed by atoms with Gasteiger partial charge in [-0.25, -0.2) is 9.79 Å². The van der Waals surface area contributed by atoms with Crippen LogP contribution in [0.2, 0.25) is 0 Å². The van der Waals surface area contributed by atoms with Crippen molar-refractivity contribution in [2.45, 2.75) is 53.1 Å². The van der Waals surface area contributed by atoms with Crippen molar-refractivity contribution in [2.75, 3.05) is 6.61 Å². The van der Waals surface area contributed by atoms with Gasteiger partial charge >= 0.3 is 5.97 Å². The molecule has 1 atom stereocenters. The fourth-order valence-corrected chi connectivity index (χ4v) is 5.07. The van der Waals surface area contributed by atoms with Crippen LogP contribution in [-0.4, -0.2) is 26.9 Å². The lowest BCUT2D eigenvalue weighted by Gasteiger charge is -2.25. The highest BCUT2D eigenvalue weighted by Gasteiger charge is 2.33. The molecule has 0 bridgehead atoms. The SMILES string of the molecule is CCOC(=O)C1=C(C)N=c2s/c(=C/c3ccnn3CC)c(=O)n2C1c1ccc(C(C)C)cc1. The van der Waals surface area contributed by atoms with E-state index in [1.165, 1.54) is 16.9 Å². The van der Waals surface area contributed by atoms with Crippen LogP contribution in [0.25, 0.3) is 6.08 Å². The molecule has 0 aliphatic carbocycles. The first-order valence-electron chi connectivity index (χ1n) is 11.2. The van der Waals surface area contributed by atoms with E-state index in [9.17, 15) is 9.59 Å². The van der Waals surface area contributed by atoms with E-state index in [4.69, 9.17) is 4.74 Å². The Bertz CT molecular complexity index is 1390. The Hall–Kier alpha value is -3.26. The van der Waals surface area contributed by atoms with E-state index < -0.39 is 12.0 Å². The quantitative estimate of drug-likeness (QED) is 0.525. The minimum Gasteiger partial charge on any atom is -0.463 e. The molecule has 0 fully saturated rings. The summed E-state index contributed by atoms with van der Waals surface area (Å²) in [6.45, 7) is 10.8. The molecule has 0 amide bonds. The minimum atomic E-state index is -0.597. The fourth-order valence-electron chi connectivity index (χ4n) is 4.03. The number of hydrogen-bond acceptors (Lipinski definition) is 6. The van der Waals surface area contributed by atoms with Crippen LogP contribution in [0.1, 0.15) is 63.4 Å². The first-order chi connectivity index (χ1) is 15.8. The van der Waals surface area contributed by atoms with Gasteiger partial charge in [-0.1, -0.05) is 49.4 Å². The highest BCUT2D eigenvalue weighted by atomic mass is 32.1. The zero-order valence-corrected chi connectivity index (χ0v) is 20.3. The average Bonchev–Trinajstić information content (AvgIpc) is 3.37. The molecule has 172 valence electrons. The Morgan fingerprint density at radius 2 is 1.94 bits per heavy atom. The van der Waals surface area contributed by atoms with Crippen LogP contribution >= 0.6 is 11.3 Å². The van der Waals surface area contributed by atoms with Crippen LogP contribution in [-0.2, 0) is 16.1 Å². The van der Waals surface area contributed by atoms with E-state index in [0.29, 0.717) is 33.1 Å². The molecular weight excluding hydrogens is 436 g/mol. The molecule has 3 aromatic rings. The lowest BCUT2D eigenvalue weighted by molar-refractivity contribution is -0.139. The van der Waals surface area contributed by atoms with Crippen molar-refractivity contribution in [2.24, 2.45) is 4.99 Å². The Kier molecular flexibility index (Phi) is 6.47. The topological polar surface area (TPSA) is 78.5 Å². The third-order valence-corrected chi connectivity index (χ3v) is 6.75. The molecule has 2 aromatic heterocycles. The number of aromatic nitrogens is 3. The summed E-state index contributed by atoms with van der Waals surface area (Å²) >= 11 is 1.32. The Morgan fingerprint density at radius 3 is 2.58 bits per heavy atom. The van der Waals surface area contributed by atoms with Gasteiger partial charge in [-0.2, -0.15) is 5.10 Å². The van der Waals surface area contributed by atoms with Crippen molar-refractivity contribution in [3.8, 4) is 0 Å². The number of ether oxygens (including phenoxy) is 1. The average molecular weight is 465 g/mol. The molecule has 0 saturated carbocycles. The second kappa shape index (κ2) is 9.31. The second-order valence-electron chi connectivity index (χ2n) is 8.20. The van der Waals surface area contributed by atoms with Crippen LogP contribution in [0.3, 0.4) is 0 Å². The Morgan fingerprint density at radius 1 is 1.21 bits per heavy atom. The zero-order valence-electron chi connectivity index (χ0n) is 19.5. The number of thiazole rings is 1. The highest BCUT2D eigenvalue weighted by molar-refractivity contribution is 7.07. The molecule has 3 heterocycles. The molecular formula is C25H28N4O3S. The van der Waals surface area contributed by atoms with Crippen molar-refractivity contribution in [1.29, 1.82) is 0 Å². The van der Waals surface area contributed by atoms with Gasteiger partial charge in [0.15, 0.2) is 4.80 Å². The maximum absolute atomic E-state index is 13.6. The number of hydrogen-bond donors (Lipinski definition) is 0. The third-order valence-electron chi connectivity index (χ3n) is 5.76. The second-order valence-corrected chi connectivity index (χ2v) is 9.20. The molecule has 0 spiro atoms. The number of esters is 1. The number of aryl methyl sites for hydroxylation is 1. The maximum atomic E-state index is 13.6. The first kappa shape index (κ1) is 22.9. The summed E-state index contributed by atoms with van der Waals surface area (Å²) < 4.78 is 9.35. The molecule has 1 aliphatic heterocycles. The largest absolute Gasteiger partial charge is 0.463 e. The number of carbonyl (C=O) groups is 1. The molecule has 0 radical (unpaired) electrons.